The van der Waals surface area contributed by atoms with Gasteiger partial charge < -0.3 is 14.2 Å². The zero-order chi connectivity index (χ0) is 21.2. The van der Waals surface area contributed by atoms with E-state index in [1.165, 1.54) is 18.4 Å². The van der Waals surface area contributed by atoms with Gasteiger partial charge in [-0.2, -0.15) is 0 Å². The van der Waals surface area contributed by atoms with Gasteiger partial charge in [0.25, 0.3) is 0 Å². The fourth-order valence-electron chi connectivity index (χ4n) is 5.23. The van der Waals surface area contributed by atoms with Crippen molar-refractivity contribution in [3.63, 3.8) is 0 Å². The number of rotatable bonds is 7. The fourth-order valence-corrected chi connectivity index (χ4v) is 5.23. The molecular formula is C26H31N3O2. The van der Waals surface area contributed by atoms with Crippen LogP contribution < -0.4 is 4.74 Å². The summed E-state index contributed by atoms with van der Waals surface area (Å²) in [6, 6.07) is 16.9. The molecule has 1 amide bonds. The average Bonchev–Trinajstić information content (AvgIpc) is 3.50. The average molecular weight is 418 g/mol. The van der Waals surface area contributed by atoms with Crippen LogP contribution in [0.25, 0.3) is 11.0 Å². The second-order valence-electron chi connectivity index (χ2n) is 9.01. The van der Waals surface area contributed by atoms with Crippen molar-refractivity contribution < 1.29 is 9.53 Å². The van der Waals surface area contributed by atoms with E-state index in [0.717, 1.165) is 55.0 Å². The van der Waals surface area contributed by atoms with E-state index in [1.54, 1.807) is 0 Å². The van der Waals surface area contributed by atoms with Crippen molar-refractivity contribution >= 4 is 16.9 Å². The monoisotopic (exact) mass is 417 g/mol. The van der Waals surface area contributed by atoms with Crippen LogP contribution in [0.3, 0.4) is 0 Å². The predicted molar refractivity (Wildman–Crippen MR) is 122 cm³/mol. The molecule has 5 nitrogen and oxygen atoms in total. The van der Waals surface area contributed by atoms with Gasteiger partial charge in [0.1, 0.15) is 11.6 Å². The quantitative estimate of drug-likeness (QED) is 0.504. The predicted octanol–water partition coefficient (Wildman–Crippen LogP) is 5.07. The number of para-hydroxylation sites is 2. The van der Waals surface area contributed by atoms with Crippen molar-refractivity contribution in [3.05, 3.63) is 59.9 Å². The minimum atomic E-state index is 0.179. The molecule has 0 N–H and O–H groups in total. The van der Waals surface area contributed by atoms with E-state index in [0.29, 0.717) is 25.0 Å². The topological polar surface area (TPSA) is 47.4 Å². The molecule has 1 saturated heterocycles. The lowest BCUT2D eigenvalue weighted by atomic mass is 10.1. The number of nitrogens with zero attached hydrogens (tertiary/aromatic N) is 3. The van der Waals surface area contributed by atoms with Gasteiger partial charge in [-0.3, -0.25) is 4.79 Å². The highest BCUT2D eigenvalue weighted by Gasteiger charge is 2.38. The third-order valence-electron chi connectivity index (χ3n) is 6.76. The van der Waals surface area contributed by atoms with Gasteiger partial charge in [0, 0.05) is 31.5 Å². The number of imidazole rings is 1. The Balaban J connectivity index is 1.32. The first kappa shape index (κ1) is 20.1. The number of ether oxygens (including phenoxy) is 1. The molecule has 162 valence electrons. The molecule has 31 heavy (non-hydrogen) atoms. The minimum absolute atomic E-state index is 0.179. The van der Waals surface area contributed by atoms with Gasteiger partial charge in [-0.25, -0.2) is 4.98 Å². The minimum Gasteiger partial charge on any atom is -0.494 e. The summed E-state index contributed by atoms with van der Waals surface area (Å²) >= 11 is 0. The van der Waals surface area contributed by atoms with Crippen LogP contribution >= 0.6 is 0 Å². The van der Waals surface area contributed by atoms with Crippen LogP contribution in [-0.2, 0) is 11.3 Å². The smallest absolute Gasteiger partial charge is 0.223 e. The molecule has 2 fully saturated rings. The molecule has 3 aromatic rings. The van der Waals surface area contributed by atoms with Crippen LogP contribution in [0, 0.1) is 6.92 Å². The van der Waals surface area contributed by atoms with Gasteiger partial charge in [-0.05, 0) is 56.0 Å². The van der Waals surface area contributed by atoms with Crippen LogP contribution in [0.15, 0.2) is 48.5 Å². The van der Waals surface area contributed by atoms with Gasteiger partial charge in [0.15, 0.2) is 0 Å². The molecular weight excluding hydrogens is 386 g/mol. The summed E-state index contributed by atoms with van der Waals surface area (Å²) in [7, 11) is 0. The Bertz CT molecular complexity index is 1070. The number of hydrogen-bond donors (Lipinski definition) is 0. The molecule has 0 spiro atoms. The van der Waals surface area contributed by atoms with Gasteiger partial charge in [0.2, 0.25) is 5.91 Å². The van der Waals surface area contributed by atoms with Crippen LogP contribution in [0.4, 0.5) is 0 Å². The highest BCUT2D eigenvalue weighted by molar-refractivity contribution is 5.81. The maximum atomic E-state index is 12.8. The summed E-state index contributed by atoms with van der Waals surface area (Å²) in [6.07, 6.45) is 6.29. The molecule has 2 aromatic carbocycles. The fraction of sp³-hybridized carbons (Fsp3) is 0.462. The summed E-state index contributed by atoms with van der Waals surface area (Å²) in [5.74, 6) is 2.46. The van der Waals surface area contributed by atoms with Crippen LogP contribution in [-0.4, -0.2) is 39.6 Å². The third-order valence-corrected chi connectivity index (χ3v) is 6.76. The van der Waals surface area contributed by atoms with Crippen LogP contribution in [0.5, 0.6) is 5.75 Å². The number of carbonyl (C=O) groups excluding carboxylic acids is 1. The SMILES string of the molecule is Cc1cccc(OCCCn2c(C3CC(=O)N(C4CCCC4)C3)nc3ccccc32)c1. The van der Waals surface area contributed by atoms with E-state index in [2.05, 4.69) is 46.7 Å². The Morgan fingerprint density at radius 3 is 2.77 bits per heavy atom. The van der Waals surface area contributed by atoms with Crippen molar-refractivity contribution in [1.82, 2.24) is 14.5 Å². The third kappa shape index (κ3) is 4.18. The first-order valence-electron chi connectivity index (χ1n) is 11.6. The van der Waals surface area contributed by atoms with Crippen molar-refractivity contribution in [2.24, 2.45) is 0 Å². The van der Waals surface area contributed by atoms with E-state index < -0.39 is 0 Å². The summed E-state index contributed by atoms with van der Waals surface area (Å²) in [6.45, 7) is 4.39. The normalized spacial score (nSPS) is 19.6. The van der Waals surface area contributed by atoms with Crippen molar-refractivity contribution in [1.29, 1.82) is 0 Å². The van der Waals surface area contributed by atoms with Crippen LogP contribution in [0.1, 0.15) is 55.8 Å². The Kier molecular flexibility index (Phi) is 5.66. The van der Waals surface area contributed by atoms with Gasteiger partial charge >= 0.3 is 0 Å². The number of benzene rings is 2. The molecule has 0 bridgehead atoms. The molecule has 2 aliphatic rings. The van der Waals surface area contributed by atoms with Crippen molar-refractivity contribution in [2.45, 2.75) is 64.0 Å². The molecule has 1 unspecified atom stereocenters. The zero-order valence-corrected chi connectivity index (χ0v) is 18.3. The standard InChI is InChI=1S/C26H31N3O2/c1-19-8-6-11-22(16-19)31-15-7-14-28-24-13-5-4-12-23(24)27-26(28)20-17-25(30)29(18-20)21-9-2-3-10-21/h4-6,8,11-13,16,20-21H,2-3,7,9-10,14-15,17-18H2,1H3. The summed E-state index contributed by atoms with van der Waals surface area (Å²) in [4.78, 5) is 19.9. The summed E-state index contributed by atoms with van der Waals surface area (Å²) < 4.78 is 8.29. The van der Waals surface area contributed by atoms with Crippen molar-refractivity contribution in [2.75, 3.05) is 13.2 Å². The number of aryl methyl sites for hydroxylation is 2. The lowest BCUT2D eigenvalue weighted by molar-refractivity contribution is -0.129. The van der Waals surface area contributed by atoms with Gasteiger partial charge in [0.05, 0.1) is 17.6 Å². The van der Waals surface area contributed by atoms with E-state index in [4.69, 9.17) is 9.72 Å². The number of amides is 1. The van der Waals surface area contributed by atoms with E-state index in [9.17, 15) is 4.79 Å². The van der Waals surface area contributed by atoms with Crippen LogP contribution in [0.2, 0.25) is 0 Å². The van der Waals surface area contributed by atoms with E-state index >= 15 is 0 Å². The molecule has 1 atom stereocenters. The number of hydrogen-bond acceptors (Lipinski definition) is 3. The number of fused-ring (bicyclic) bond motifs is 1. The first-order valence-corrected chi connectivity index (χ1v) is 11.6. The maximum Gasteiger partial charge on any atom is 0.223 e. The largest absolute Gasteiger partial charge is 0.494 e. The lowest BCUT2D eigenvalue weighted by Gasteiger charge is -2.24. The molecule has 1 aromatic heterocycles. The molecule has 5 heteroatoms. The van der Waals surface area contributed by atoms with E-state index in [-0.39, 0.29) is 5.92 Å². The number of likely N-dealkylation sites (tertiary alicyclic amines) is 1. The molecule has 1 aliphatic heterocycles. The zero-order valence-electron chi connectivity index (χ0n) is 18.3. The Hall–Kier alpha value is -2.82. The molecule has 5 rings (SSSR count). The van der Waals surface area contributed by atoms with E-state index in [1.807, 2.05) is 18.2 Å². The second-order valence-corrected chi connectivity index (χ2v) is 9.01. The number of carbonyl (C=O) groups is 1. The Labute approximate surface area is 184 Å². The summed E-state index contributed by atoms with van der Waals surface area (Å²) in [5, 5.41) is 0. The van der Waals surface area contributed by atoms with Gasteiger partial charge in [-0.15, -0.1) is 0 Å². The molecule has 2 heterocycles. The van der Waals surface area contributed by atoms with Gasteiger partial charge in [-0.1, -0.05) is 37.1 Å². The summed E-state index contributed by atoms with van der Waals surface area (Å²) in [5.41, 5.74) is 3.38. The molecule has 0 radical (unpaired) electrons. The Morgan fingerprint density at radius 1 is 1.10 bits per heavy atom. The maximum absolute atomic E-state index is 12.8. The van der Waals surface area contributed by atoms with Crippen molar-refractivity contribution in [3.8, 4) is 5.75 Å². The molecule has 1 aliphatic carbocycles. The highest BCUT2D eigenvalue weighted by Crippen LogP contribution is 2.35. The lowest BCUT2D eigenvalue weighted by Crippen LogP contribution is -2.34. The molecule has 1 saturated carbocycles. The highest BCUT2D eigenvalue weighted by atomic mass is 16.5. The second kappa shape index (κ2) is 8.74. The Morgan fingerprint density at radius 2 is 1.94 bits per heavy atom. The number of aromatic nitrogens is 2. The first-order chi connectivity index (χ1) is 15.2.